The van der Waals surface area contributed by atoms with Crippen molar-refractivity contribution in [1.82, 2.24) is 5.32 Å². The van der Waals surface area contributed by atoms with Crippen LogP contribution >= 0.6 is 0 Å². The van der Waals surface area contributed by atoms with E-state index in [-0.39, 0.29) is 6.61 Å². The Kier molecular flexibility index (Phi) is 4.16. The van der Waals surface area contributed by atoms with Gasteiger partial charge in [0.05, 0.1) is 0 Å². The van der Waals surface area contributed by atoms with E-state index in [9.17, 15) is 18.0 Å². The number of amides is 1. The Hall–Kier alpha value is -1.72. The maximum Gasteiger partial charge on any atom is 0.407 e. The van der Waals surface area contributed by atoms with Gasteiger partial charge in [-0.05, 0) is 5.56 Å². The second-order valence-electron chi connectivity index (χ2n) is 3.03. The molecule has 1 aromatic carbocycles. The Morgan fingerprint density at radius 1 is 1.25 bits per heavy atom. The third-order valence-electron chi connectivity index (χ3n) is 1.65. The maximum atomic E-state index is 11.7. The van der Waals surface area contributed by atoms with E-state index in [2.05, 4.69) is 4.74 Å². The molecule has 16 heavy (non-hydrogen) atoms. The van der Waals surface area contributed by atoms with Gasteiger partial charge in [0.1, 0.15) is 13.2 Å². The molecule has 0 heterocycles. The predicted molar refractivity (Wildman–Crippen MR) is 50.7 cm³/mol. The molecule has 0 saturated heterocycles. The van der Waals surface area contributed by atoms with E-state index in [4.69, 9.17) is 0 Å². The van der Waals surface area contributed by atoms with Crippen molar-refractivity contribution < 1.29 is 22.7 Å². The van der Waals surface area contributed by atoms with Crippen LogP contribution in [0.2, 0.25) is 0 Å². The molecule has 1 N–H and O–H groups in total. The summed E-state index contributed by atoms with van der Waals surface area (Å²) < 4.78 is 39.7. The quantitative estimate of drug-likeness (QED) is 0.870. The van der Waals surface area contributed by atoms with E-state index in [1.807, 2.05) is 0 Å². The molecule has 0 saturated carbocycles. The summed E-state index contributed by atoms with van der Waals surface area (Å²) in [6.45, 7) is -1.44. The van der Waals surface area contributed by atoms with Crippen molar-refractivity contribution in [1.29, 1.82) is 0 Å². The van der Waals surface area contributed by atoms with Crippen LogP contribution in [0.3, 0.4) is 0 Å². The van der Waals surface area contributed by atoms with Gasteiger partial charge in [-0.25, -0.2) is 4.79 Å². The molecule has 1 rings (SSSR count). The van der Waals surface area contributed by atoms with Crippen LogP contribution < -0.4 is 5.32 Å². The Bertz CT molecular complexity index is 338. The molecule has 0 unspecified atom stereocenters. The van der Waals surface area contributed by atoms with E-state index in [0.717, 1.165) is 0 Å². The summed E-state index contributed by atoms with van der Waals surface area (Å²) in [4.78, 5) is 10.8. The number of carbonyl (C=O) groups is 1. The summed E-state index contributed by atoms with van der Waals surface area (Å²) in [5.41, 5.74) is 0.713. The zero-order valence-corrected chi connectivity index (χ0v) is 8.25. The summed E-state index contributed by atoms with van der Waals surface area (Å²) in [7, 11) is 0. The molecule has 88 valence electrons. The average molecular weight is 233 g/mol. The predicted octanol–water partition coefficient (Wildman–Crippen LogP) is 2.48. The van der Waals surface area contributed by atoms with Gasteiger partial charge in [0.2, 0.25) is 0 Å². The zero-order valence-electron chi connectivity index (χ0n) is 8.25. The van der Waals surface area contributed by atoms with Gasteiger partial charge >= 0.3 is 12.3 Å². The molecule has 0 radical (unpaired) electrons. The summed E-state index contributed by atoms with van der Waals surface area (Å²) in [5, 5.41) is 1.61. The Labute approximate surface area is 90.2 Å². The highest BCUT2D eigenvalue weighted by Gasteiger charge is 2.27. The number of benzene rings is 1. The second kappa shape index (κ2) is 5.39. The largest absolute Gasteiger partial charge is 0.445 e. The number of hydrogen-bond donors (Lipinski definition) is 1. The summed E-state index contributed by atoms with van der Waals surface area (Å²) >= 11 is 0. The van der Waals surface area contributed by atoms with Crippen LogP contribution in [0.5, 0.6) is 0 Å². The van der Waals surface area contributed by atoms with Crippen molar-refractivity contribution >= 4 is 6.09 Å². The number of carbonyl (C=O) groups excluding carboxylic acids is 1. The number of halogens is 3. The topological polar surface area (TPSA) is 38.3 Å². The first-order valence-electron chi connectivity index (χ1n) is 4.49. The Morgan fingerprint density at radius 2 is 1.88 bits per heavy atom. The highest BCUT2D eigenvalue weighted by atomic mass is 19.4. The lowest BCUT2D eigenvalue weighted by molar-refractivity contribution is -0.123. The molecule has 1 aromatic rings. The molecule has 0 aliphatic carbocycles. The Morgan fingerprint density at radius 3 is 2.44 bits per heavy atom. The lowest BCUT2D eigenvalue weighted by atomic mass is 10.2. The van der Waals surface area contributed by atoms with Gasteiger partial charge in [-0.3, -0.25) is 0 Å². The van der Waals surface area contributed by atoms with Crippen LogP contribution in [-0.4, -0.2) is 18.8 Å². The van der Waals surface area contributed by atoms with Gasteiger partial charge in [-0.2, -0.15) is 13.2 Å². The van der Waals surface area contributed by atoms with Gasteiger partial charge in [-0.1, -0.05) is 30.3 Å². The van der Waals surface area contributed by atoms with Crippen molar-refractivity contribution in [3.8, 4) is 0 Å². The van der Waals surface area contributed by atoms with Crippen molar-refractivity contribution in [2.45, 2.75) is 12.8 Å². The van der Waals surface area contributed by atoms with E-state index < -0.39 is 18.8 Å². The average Bonchev–Trinajstić information content (AvgIpc) is 2.24. The van der Waals surface area contributed by atoms with Gasteiger partial charge in [0.15, 0.2) is 0 Å². The third-order valence-corrected chi connectivity index (χ3v) is 1.65. The minimum Gasteiger partial charge on any atom is -0.445 e. The standard InChI is InChI=1S/C10H10F3NO2/c11-10(12,13)7-14-9(15)16-6-8-4-2-1-3-5-8/h1-5H,6-7H2,(H,14,15). The molecule has 6 heteroatoms. The fourth-order valence-electron chi connectivity index (χ4n) is 0.947. The highest BCUT2D eigenvalue weighted by Crippen LogP contribution is 2.12. The monoisotopic (exact) mass is 233 g/mol. The lowest BCUT2D eigenvalue weighted by Gasteiger charge is -2.08. The summed E-state index contributed by atoms with van der Waals surface area (Å²) in [6.07, 6.45) is -5.51. The zero-order chi connectivity index (χ0) is 12.0. The van der Waals surface area contributed by atoms with Crippen LogP contribution in [0.4, 0.5) is 18.0 Å². The van der Waals surface area contributed by atoms with Gasteiger partial charge < -0.3 is 10.1 Å². The fourth-order valence-corrected chi connectivity index (χ4v) is 0.947. The van der Waals surface area contributed by atoms with E-state index >= 15 is 0 Å². The summed E-state index contributed by atoms with van der Waals surface area (Å²) in [6, 6.07) is 8.68. The first kappa shape index (κ1) is 12.4. The molecule has 0 bridgehead atoms. The van der Waals surface area contributed by atoms with Crippen molar-refractivity contribution in [3.05, 3.63) is 35.9 Å². The van der Waals surface area contributed by atoms with Gasteiger partial charge in [0.25, 0.3) is 0 Å². The number of alkyl halides is 3. The lowest BCUT2D eigenvalue weighted by Crippen LogP contribution is -2.34. The highest BCUT2D eigenvalue weighted by molar-refractivity contribution is 5.67. The van der Waals surface area contributed by atoms with E-state index in [0.29, 0.717) is 5.56 Å². The molecule has 0 aliphatic heterocycles. The molecular formula is C10H10F3NO2. The maximum absolute atomic E-state index is 11.7. The third kappa shape index (κ3) is 5.23. The van der Waals surface area contributed by atoms with Crippen LogP contribution in [0.25, 0.3) is 0 Å². The molecular weight excluding hydrogens is 223 g/mol. The van der Waals surface area contributed by atoms with Crippen LogP contribution in [-0.2, 0) is 11.3 Å². The molecule has 1 amide bonds. The summed E-state index contributed by atoms with van der Waals surface area (Å²) in [5.74, 6) is 0. The Balaban J connectivity index is 2.26. The van der Waals surface area contributed by atoms with E-state index in [1.165, 1.54) is 0 Å². The van der Waals surface area contributed by atoms with Gasteiger partial charge in [-0.15, -0.1) is 0 Å². The number of ether oxygens (including phenoxy) is 1. The number of rotatable bonds is 3. The van der Waals surface area contributed by atoms with Crippen molar-refractivity contribution in [2.75, 3.05) is 6.54 Å². The number of hydrogen-bond acceptors (Lipinski definition) is 2. The van der Waals surface area contributed by atoms with Crippen LogP contribution in [0.15, 0.2) is 30.3 Å². The van der Waals surface area contributed by atoms with Crippen molar-refractivity contribution in [2.24, 2.45) is 0 Å². The number of alkyl carbamates (subject to hydrolysis) is 1. The molecule has 0 spiro atoms. The van der Waals surface area contributed by atoms with E-state index in [1.54, 1.807) is 35.6 Å². The molecule has 0 atom stereocenters. The molecule has 0 aliphatic rings. The second-order valence-corrected chi connectivity index (χ2v) is 3.03. The number of nitrogens with one attached hydrogen (secondary N) is 1. The minimum absolute atomic E-state index is 0.0511. The van der Waals surface area contributed by atoms with Crippen molar-refractivity contribution in [3.63, 3.8) is 0 Å². The molecule has 0 aromatic heterocycles. The smallest absolute Gasteiger partial charge is 0.407 e. The minimum atomic E-state index is -4.42. The van der Waals surface area contributed by atoms with Crippen LogP contribution in [0.1, 0.15) is 5.56 Å². The fraction of sp³-hybridized carbons (Fsp3) is 0.300. The van der Waals surface area contributed by atoms with Crippen LogP contribution in [0, 0.1) is 0 Å². The SMILES string of the molecule is O=C(NCC(F)(F)F)OCc1ccccc1. The first-order chi connectivity index (χ1) is 7.47. The van der Waals surface area contributed by atoms with Gasteiger partial charge in [0, 0.05) is 0 Å². The molecule has 3 nitrogen and oxygen atoms in total. The first-order valence-corrected chi connectivity index (χ1v) is 4.49. The molecule has 0 fully saturated rings. The normalized spacial score (nSPS) is 10.9.